The average Bonchev–Trinajstić information content (AvgIpc) is 2.61. The molecule has 2 rings (SSSR count). The Hall–Kier alpha value is -3.02. The molecule has 0 aliphatic rings. The number of rotatable bonds is 7. The van der Waals surface area contributed by atoms with Gasteiger partial charge in [-0.2, -0.15) is 0 Å². The second-order valence-corrected chi connectivity index (χ2v) is 5.50. The van der Waals surface area contributed by atoms with Gasteiger partial charge in [0.25, 0.3) is 5.91 Å². The first-order valence-electron chi connectivity index (χ1n) is 7.97. The van der Waals surface area contributed by atoms with E-state index < -0.39 is 12.0 Å². The van der Waals surface area contributed by atoms with E-state index in [-0.39, 0.29) is 5.91 Å². The maximum atomic E-state index is 12.6. The van der Waals surface area contributed by atoms with Crippen LogP contribution in [-0.4, -0.2) is 25.0 Å². The molecule has 3 N–H and O–H groups in total. The van der Waals surface area contributed by atoms with Crippen LogP contribution in [0.25, 0.3) is 0 Å². The van der Waals surface area contributed by atoms with E-state index in [1.54, 1.807) is 44.4 Å². The van der Waals surface area contributed by atoms with Gasteiger partial charge in [-0.15, -0.1) is 0 Å². The Morgan fingerprint density at radius 3 is 2.40 bits per heavy atom. The summed E-state index contributed by atoms with van der Waals surface area (Å²) in [6.45, 7) is 3.59. The van der Waals surface area contributed by atoms with Crippen molar-refractivity contribution in [1.29, 1.82) is 0 Å². The van der Waals surface area contributed by atoms with Crippen LogP contribution in [0.5, 0.6) is 11.5 Å². The van der Waals surface area contributed by atoms with E-state index in [2.05, 4.69) is 5.32 Å². The van der Waals surface area contributed by atoms with Crippen molar-refractivity contribution < 1.29 is 19.1 Å². The highest BCUT2D eigenvalue weighted by molar-refractivity contribution is 5.99. The van der Waals surface area contributed by atoms with Gasteiger partial charge in [-0.1, -0.05) is 25.1 Å². The third kappa shape index (κ3) is 4.29. The van der Waals surface area contributed by atoms with E-state index in [0.717, 1.165) is 0 Å². The summed E-state index contributed by atoms with van der Waals surface area (Å²) in [4.78, 5) is 24.0. The van der Waals surface area contributed by atoms with E-state index in [1.165, 1.54) is 0 Å². The Bertz CT molecular complexity index is 774. The number of methoxy groups -OCH3 is 1. The Kier molecular flexibility index (Phi) is 6.00. The van der Waals surface area contributed by atoms with Crippen LogP contribution in [0.3, 0.4) is 0 Å². The van der Waals surface area contributed by atoms with Crippen LogP contribution in [-0.2, 0) is 4.79 Å². The summed E-state index contributed by atoms with van der Waals surface area (Å²) >= 11 is 0. The van der Waals surface area contributed by atoms with E-state index in [1.807, 2.05) is 19.1 Å². The molecule has 0 fully saturated rings. The molecule has 6 heteroatoms. The monoisotopic (exact) mass is 342 g/mol. The largest absolute Gasteiger partial charge is 0.493 e. The van der Waals surface area contributed by atoms with Crippen LogP contribution in [0.4, 0.5) is 5.69 Å². The van der Waals surface area contributed by atoms with Gasteiger partial charge in [0, 0.05) is 11.3 Å². The summed E-state index contributed by atoms with van der Waals surface area (Å²) in [5.74, 6) is 0.208. The van der Waals surface area contributed by atoms with Gasteiger partial charge in [0.05, 0.1) is 7.11 Å². The highest BCUT2D eigenvalue weighted by Crippen LogP contribution is 2.28. The quantitative estimate of drug-likeness (QED) is 0.809. The van der Waals surface area contributed by atoms with Crippen molar-refractivity contribution >= 4 is 17.5 Å². The number of hydrogen-bond donors (Lipinski definition) is 2. The molecular weight excluding hydrogens is 320 g/mol. The molecule has 132 valence electrons. The minimum Gasteiger partial charge on any atom is -0.493 e. The number of benzene rings is 2. The number of carbonyl (C=O) groups is 2. The smallest absolute Gasteiger partial charge is 0.265 e. The summed E-state index contributed by atoms with van der Waals surface area (Å²) in [5.41, 5.74) is 6.87. The maximum absolute atomic E-state index is 12.6. The van der Waals surface area contributed by atoms with E-state index >= 15 is 0 Å². The molecular formula is C19H22N2O4. The molecule has 1 unspecified atom stereocenters. The molecule has 0 bridgehead atoms. The molecule has 0 aliphatic carbocycles. The van der Waals surface area contributed by atoms with Gasteiger partial charge in [0.2, 0.25) is 5.91 Å². The number of ether oxygens (including phenoxy) is 2. The number of primary amides is 1. The molecule has 1 atom stereocenters. The number of anilines is 1. The second-order valence-electron chi connectivity index (χ2n) is 5.50. The van der Waals surface area contributed by atoms with Crippen molar-refractivity contribution in [1.82, 2.24) is 0 Å². The van der Waals surface area contributed by atoms with Crippen molar-refractivity contribution in [2.75, 3.05) is 12.4 Å². The van der Waals surface area contributed by atoms with Gasteiger partial charge in [0.15, 0.2) is 17.6 Å². The topological polar surface area (TPSA) is 90.7 Å². The highest BCUT2D eigenvalue weighted by atomic mass is 16.5. The highest BCUT2D eigenvalue weighted by Gasteiger charge is 2.21. The predicted molar refractivity (Wildman–Crippen MR) is 96.0 cm³/mol. The van der Waals surface area contributed by atoms with E-state index in [9.17, 15) is 9.59 Å². The summed E-state index contributed by atoms with van der Waals surface area (Å²) in [6, 6.07) is 12.2. The van der Waals surface area contributed by atoms with Crippen molar-refractivity contribution in [3.8, 4) is 11.5 Å². The third-order valence-electron chi connectivity index (χ3n) is 3.86. The second kappa shape index (κ2) is 8.19. The number of carbonyl (C=O) groups excluding carboxylic acids is 2. The fourth-order valence-corrected chi connectivity index (χ4v) is 2.44. The van der Waals surface area contributed by atoms with Gasteiger partial charge < -0.3 is 20.5 Å². The van der Waals surface area contributed by atoms with Gasteiger partial charge in [-0.05, 0) is 43.2 Å². The molecule has 0 saturated heterocycles. The zero-order valence-electron chi connectivity index (χ0n) is 14.5. The van der Waals surface area contributed by atoms with Crippen molar-refractivity contribution in [2.45, 2.75) is 26.4 Å². The molecule has 6 nitrogen and oxygen atoms in total. The minimum absolute atomic E-state index is 0.307. The molecule has 2 aromatic carbocycles. The molecule has 0 saturated carbocycles. The van der Waals surface area contributed by atoms with Crippen LogP contribution in [0.2, 0.25) is 0 Å². The predicted octanol–water partition coefficient (Wildman–Crippen LogP) is 2.90. The van der Waals surface area contributed by atoms with Gasteiger partial charge in [-0.3, -0.25) is 9.59 Å². The molecule has 0 spiro atoms. The minimum atomic E-state index is -0.701. The molecule has 0 radical (unpaired) electrons. The Morgan fingerprint density at radius 1 is 1.12 bits per heavy atom. The Labute approximate surface area is 146 Å². The van der Waals surface area contributed by atoms with Crippen molar-refractivity contribution in [3.05, 3.63) is 53.6 Å². The molecule has 0 aliphatic heterocycles. The molecule has 2 aromatic rings. The van der Waals surface area contributed by atoms with Gasteiger partial charge in [0.1, 0.15) is 0 Å². The van der Waals surface area contributed by atoms with E-state index in [0.29, 0.717) is 34.7 Å². The van der Waals surface area contributed by atoms with Crippen LogP contribution in [0, 0.1) is 6.92 Å². The van der Waals surface area contributed by atoms with Crippen LogP contribution < -0.4 is 20.5 Å². The van der Waals surface area contributed by atoms with Gasteiger partial charge >= 0.3 is 0 Å². The number of nitrogens with two attached hydrogens (primary N) is 1. The normalized spacial score (nSPS) is 11.5. The van der Waals surface area contributed by atoms with Crippen LogP contribution >= 0.6 is 0 Å². The van der Waals surface area contributed by atoms with E-state index in [4.69, 9.17) is 15.2 Å². The lowest BCUT2D eigenvalue weighted by Gasteiger charge is -2.19. The molecule has 0 aromatic heterocycles. The lowest BCUT2D eigenvalue weighted by Crippen LogP contribution is -2.33. The Balaban J connectivity index is 2.18. The number of amides is 2. The number of nitrogens with one attached hydrogen (secondary N) is 1. The third-order valence-corrected chi connectivity index (χ3v) is 3.86. The zero-order valence-corrected chi connectivity index (χ0v) is 14.5. The van der Waals surface area contributed by atoms with Crippen molar-refractivity contribution in [2.24, 2.45) is 5.73 Å². The fraction of sp³-hybridized carbons (Fsp3) is 0.263. The standard InChI is InChI=1S/C19H22N2O4/c1-4-15(25-17-11-6-5-10-16(17)24-3)19(23)21-14-9-7-8-13(12(14)2)18(20)22/h5-11,15H,4H2,1-3H3,(H2,20,22)(H,21,23). The molecule has 0 heterocycles. The van der Waals surface area contributed by atoms with Crippen LogP contribution in [0.15, 0.2) is 42.5 Å². The lowest BCUT2D eigenvalue weighted by molar-refractivity contribution is -0.122. The summed E-state index contributed by atoms with van der Waals surface area (Å²) in [7, 11) is 1.54. The maximum Gasteiger partial charge on any atom is 0.265 e. The fourth-order valence-electron chi connectivity index (χ4n) is 2.44. The first-order chi connectivity index (χ1) is 12.0. The first kappa shape index (κ1) is 18.3. The summed E-state index contributed by atoms with van der Waals surface area (Å²) in [6.07, 6.45) is -0.230. The lowest BCUT2D eigenvalue weighted by atomic mass is 10.1. The molecule has 25 heavy (non-hydrogen) atoms. The number of para-hydroxylation sites is 2. The average molecular weight is 342 g/mol. The number of hydrogen-bond acceptors (Lipinski definition) is 4. The Morgan fingerprint density at radius 2 is 1.80 bits per heavy atom. The summed E-state index contributed by atoms with van der Waals surface area (Å²) in [5, 5.41) is 2.80. The SMILES string of the molecule is CCC(Oc1ccccc1OC)C(=O)Nc1cccc(C(N)=O)c1C. The zero-order chi connectivity index (χ0) is 18.4. The summed E-state index contributed by atoms with van der Waals surface area (Å²) < 4.78 is 11.1. The van der Waals surface area contributed by atoms with Crippen molar-refractivity contribution in [3.63, 3.8) is 0 Å². The van der Waals surface area contributed by atoms with Gasteiger partial charge in [-0.25, -0.2) is 0 Å². The molecule has 2 amide bonds. The van der Waals surface area contributed by atoms with Crippen LogP contribution in [0.1, 0.15) is 29.3 Å². The first-order valence-corrected chi connectivity index (χ1v) is 7.97.